The molecule has 1 atom stereocenters. The van der Waals surface area contributed by atoms with Gasteiger partial charge in [-0.1, -0.05) is 5.16 Å². The summed E-state index contributed by atoms with van der Waals surface area (Å²) in [5.74, 6) is 0.386. The van der Waals surface area contributed by atoms with Crippen molar-refractivity contribution in [3.8, 4) is 0 Å². The number of nitrogens with one attached hydrogen (secondary N) is 2. The first kappa shape index (κ1) is 17.4. The maximum atomic E-state index is 12.0. The largest absolute Gasteiger partial charge is 0.366 e. The number of morpholine rings is 1. The molecular formula is C12H19ClN4O4. The van der Waals surface area contributed by atoms with Crippen molar-refractivity contribution < 1.29 is 18.8 Å². The van der Waals surface area contributed by atoms with Gasteiger partial charge in [-0.25, -0.2) is 0 Å². The summed E-state index contributed by atoms with van der Waals surface area (Å²) in [5.41, 5.74) is 0. The molecule has 0 aliphatic carbocycles. The molecule has 2 rings (SSSR count). The van der Waals surface area contributed by atoms with Gasteiger partial charge < -0.3 is 24.8 Å². The third-order valence-electron chi connectivity index (χ3n) is 2.86. The van der Waals surface area contributed by atoms with Crippen LogP contribution in [0.25, 0.3) is 0 Å². The standard InChI is InChI=1S/C12H18N4O4.ClH/c1-8-5-10(15-20-8)14-11(17)7-16(2)12(18)9-6-13-3-4-19-9;/h5,9,13H,3-4,6-7H2,1-2H3,(H,14,15,17);1H. The maximum absolute atomic E-state index is 12.0. The predicted molar refractivity (Wildman–Crippen MR) is 77.4 cm³/mol. The maximum Gasteiger partial charge on any atom is 0.253 e. The number of nitrogens with zero attached hydrogens (tertiary/aromatic N) is 2. The highest BCUT2D eigenvalue weighted by Crippen LogP contribution is 2.07. The third-order valence-corrected chi connectivity index (χ3v) is 2.86. The average Bonchev–Trinajstić information content (AvgIpc) is 2.84. The Morgan fingerprint density at radius 2 is 2.33 bits per heavy atom. The molecule has 0 saturated carbocycles. The van der Waals surface area contributed by atoms with Crippen LogP contribution in [0.15, 0.2) is 10.6 Å². The minimum atomic E-state index is -0.532. The van der Waals surface area contributed by atoms with Crippen molar-refractivity contribution in [3.05, 3.63) is 11.8 Å². The van der Waals surface area contributed by atoms with E-state index < -0.39 is 6.10 Å². The minimum absolute atomic E-state index is 0. The average molecular weight is 319 g/mol. The lowest BCUT2D eigenvalue weighted by atomic mass is 10.2. The van der Waals surface area contributed by atoms with Crippen LogP contribution in [-0.4, -0.2) is 61.3 Å². The number of aromatic nitrogens is 1. The van der Waals surface area contributed by atoms with E-state index in [1.807, 2.05) is 0 Å². The van der Waals surface area contributed by atoms with Crippen molar-refractivity contribution in [2.75, 3.05) is 38.6 Å². The van der Waals surface area contributed by atoms with Gasteiger partial charge in [0, 0.05) is 26.2 Å². The van der Waals surface area contributed by atoms with Crippen LogP contribution < -0.4 is 10.6 Å². The van der Waals surface area contributed by atoms with Crippen LogP contribution in [-0.2, 0) is 14.3 Å². The van der Waals surface area contributed by atoms with E-state index >= 15 is 0 Å². The van der Waals surface area contributed by atoms with Crippen molar-refractivity contribution in [2.24, 2.45) is 0 Å². The van der Waals surface area contributed by atoms with Crippen molar-refractivity contribution in [3.63, 3.8) is 0 Å². The van der Waals surface area contributed by atoms with E-state index in [1.54, 1.807) is 20.0 Å². The van der Waals surface area contributed by atoms with Gasteiger partial charge in [0.25, 0.3) is 5.91 Å². The Labute approximate surface area is 128 Å². The zero-order valence-electron chi connectivity index (χ0n) is 11.9. The summed E-state index contributed by atoms with van der Waals surface area (Å²) in [6.45, 7) is 3.36. The quantitative estimate of drug-likeness (QED) is 0.797. The third kappa shape index (κ3) is 5.00. The van der Waals surface area contributed by atoms with E-state index in [0.29, 0.717) is 24.7 Å². The molecule has 21 heavy (non-hydrogen) atoms. The van der Waals surface area contributed by atoms with Gasteiger partial charge in [-0.3, -0.25) is 9.59 Å². The number of hydrogen-bond acceptors (Lipinski definition) is 6. The number of carbonyl (C=O) groups is 2. The first-order valence-corrected chi connectivity index (χ1v) is 6.36. The molecule has 0 bridgehead atoms. The number of likely N-dealkylation sites (N-methyl/N-ethyl adjacent to an activating group) is 1. The number of aryl methyl sites for hydroxylation is 1. The normalized spacial score (nSPS) is 17.7. The highest BCUT2D eigenvalue weighted by Gasteiger charge is 2.26. The lowest BCUT2D eigenvalue weighted by Gasteiger charge is -2.26. The Kier molecular flexibility index (Phi) is 6.60. The minimum Gasteiger partial charge on any atom is -0.366 e. The molecule has 1 fully saturated rings. The number of rotatable bonds is 4. The fourth-order valence-corrected chi connectivity index (χ4v) is 1.87. The van der Waals surface area contributed by atoms with Crippen molar-refractivity contribution in [1.29, 1.82) is 0 Å². The predicted octanol–water partition coefficient (Wildman–Crippen LogP) is -0.210. The molecule has 1 aromatic heterocycles. The van der Waals surface area contributed by atoms with E-state index in [9.17, 15) is 9.59 Å². The van der Waals surface area contributed by atoms with Gasteiger partial charge in [-0.15, -0.1) is 12.4 Å². The second-order valence-corrected chi connectivity index (χ2v) is 4.63. The first-order chi connectivity index (χ1) is 9.56. The van der Waals surface area contributed by atoms with Crippen LogP contribution in [0.4, 0.5) is 5.82 Å². The molecule has 1 aliphatic rings. The smallest absolute Gasteiger partial charge is 0.253 e. The Bertz CT molecular complexity index is 487. The van der Waals surface area contributed by atoms with Crippen LogP contribution in [0.1, 0.15) is 5.76 Å². The summed E-state index contributed by atoms with van der Waals surface area (Å²) < 4.78 is 10.2. The first-order valence-electron chi connectivity index (χ1n) is 6.36. The molecule has 1 aromatic rings. The van der Waals surface area contributed by atoms with Crippen LogP contribution >= 0.6 is 12.4 Å². The highest BCUT2D eigenvalue weighted by molar-refractivity contribution is 5.94. The molecule has 1 unspecified atom stereocenters. The Balaban J connectivity index is 0.00000220. The van der Waals surface area contributed by atoms with Crippen molar-refractivity contribution in [2.45, 2.75) is 13.0 Å². The molecule has 2 amide bonds. The van der Waals surface area contributed by atoms with Gasteiger partial charge in [0.1, 0.15) is 11.9 Å². The van der Waals surface area contributed by atoms with E-state index in [4.69, 9.17) is 9.26 Å². The summed E-state index contributed by atoms with van der Waals surface area (Å²) in [6.07, 6.45) is -0.532. The molecule has 2 N–H and O–H groups in total. The second-order valence-electron chi connectivity index (χ2n) is 4.63. The molecule has 0 spiro atoms. The Hall–Kier alpha value is -1.64. The van der Waals surface area contributed by atoms with Gasteiger partial charge in [-0.05, 0) is 6.92 Å². The summed E-state index contributed by atoms with van der Waals surface area (Å²) in [5, 5.41) is 9.28. The second kappa shape index (κ2) is 7.96. The van der Waals surface area contributed by atoms with Crippen LogP contribution in [0, 0.1) is 6.92 Å². The molecule has 0 radical (unpaired) electrons. The van der Waals surface area contributed by atoms with Crippen LogP contribution in [0.2, 0.25) is 0 Å². The van der Waals surface area contributed by atoms with E-state index in [1.165, 1.54) is 4.90 Å². The summed E-state index contributed by atoms with van der Waals surface area (Å²) >= 11 is 0. The van der Waals surface area contributed by atoms with Crippen molar-refractivity contribution >= 4 is 30.0 Å². The number of anilines is 1. The zero-order chi connectivity index (χ0) is 14.5. The molecule has 8 nitrogen and oxygen atoms in total. The van der Waals surface area contributed by atoms with Gasteiger partial charge in [-0.2, -0.15) is 0 Å². The number of ether oxygens (including phenoxy) is 1. The van der Waals surface area contributed by atoms with E-state index in [2.05, 4.69) is 15.8 Å². The zero-order valence-corrected chi connectivity index (χ0v) is 12.7. The molecule has 1 saturated heterocycles. The van der Waals surface area contributed by atoms with Gasteiger partial charge in [0.2, 0.25) is 5.91 Å². The van der Waals surface area contributed by atoms with Crippen molar-refractivity contribution in [1.82, 2.24) is 15.4 Å². The molecule has 2 heterocycles. The van der Waals surface area contributed by atoms with Gasteiger partial charge in [0.05, 0.1) is 13.2 Å². The highest BCUT2D eigenvalue weighted by atomic mass is 35.5. The monoisotopic (exact) mass is 318 g/mol. The SMILES string of the molecule is Cc1cc(NC(=O)CN(C)C(=O)C2CNCCO2)no1.Cl. The Morgan fingerprint density at radius 1 is 1.57 bits per heavy atom. The lowest BCUT2D eigenvalue weighted by Crippen LogP contribution is -2.49. The fourth-order valence-electron chi connectivity index (χ4n) is 1.87. The number of amides is 2. The molecule has 118 valence electrons. The van der Waals surface area contributed by atoms with Crippen LogP contribution in [0.5, 0.6) is 0 Å². The molecule has 1 aliphatic heterocycles. The van der Waals surface area contributed by atoms with Gasteiger partial charge in [0.15, 0.2) is 5.82 Å². The molecule has 9 heteroatoms. The van der Waals surface area contributed by atoms with E-state index in [-0.39, 0.29) is 30.8 Å². The Morgan fingerprint density at radius 3 is 2.90 bits per heavy atom. The van der Waals surface area contributed by atoms with E-state index in [0.717, 1.165) is 6.54 Å². The topological polar surface area (TPSA) is 96.7 Å². The summed E-state index contributed by atoms with van der Waals surface area (Å²) in [7, 11) is 1.56. The number of hydrogen-bond donors (Lipinski definition) is 2. The van der Waals surface area contributed by atoms with Crippen LogP contribution in [0.3, 0.4) is 0 Å². The number of carbonyl (C=O) groups excluding carboxylic acids is 2. The molecule has 0 aromatic carbocycles. The molecular weight excluding hydrogens is 300 g/mol. The van der Waals surface area contributed by atoms with Gasteiger partial charge >= 0.3 is 0 Å². The fraction of sp³-hybridized carbons (Fsp3) is 0.583. The lowest BCUT2D eigenvalue weighted by molar-refractivity contribution is -0.145. The number of halogens is 1. The summed E-state index contributed by atoms with van der Waals surface area (Å²) in [6, 6.07) is 1.61. The summed E-state index contributed by atoms with van der Waals surface area (Å²) in [4.78, 5) is 25.1.